The number of benzene rings is 2. The summed E-state index contributed by atoms with van der Waals surface area (Å²) >= 11 is 0. The molecule has 2 aliphatic heterocycles. The van der Waals surface area contributed by atoms with E-state index in [1.54, 1.807) is 21.1 Å². The van der Waals surface area contributed by atoms with Gasteiger partial charge in [-0.15, -0.1) is 0 Å². The molecule has 0 saturated carbocycles. The van der Waals surface area contributed by atoms with Crippen LogP contribution in [0.3, 0.4) is 0 Å². The highest BCUT2D eigenvalue weighted by Crippen LogP contribution is 2.34. The van der Waals surface area contributed by atoms with Gasteiger partial charge in [0.25, 0.3) is 0 Å². The molecule has 1 saturated heterocycles. The number of ether oxygens (including phenoxy) is 6. The predicted octanol–water partition coefficient (Wildman–Crippen LogP) is 4.15. The number of nitrogens with zero attached hydrogens (tertiary/aromatic N) is 1. The number of hydrogen-bond donors (Lipinski definition) is 2. The molecule has 240 valence electrons. The van der Waals surface area contributed by atoms with Crippen molar-refractivity contribution in [3.05, 3.63) is 59.2 Å². The molecule has 0 unspecified atom stereocenters. The molecule has 0 bridgehead atoms. The number of aliphatic hydroxyl groups excluding tert-OH is 1. The van der Waals surface area contributed by atoms with Gasteiger partial charge in [0.05, 0.1) is 57.0 Å². The van der Waals surface area contributed by atoms with Gasteiger partial charge in [-0.05, 0) is 48.6 Å². The fraction of sp³-hybridized carbons (Fsp3) is 0.647. The molecule has 0 aliphatic carbocycles. The molecule has 1 fully saturated rings. The number of hydrogen-bond acceptors (Lipinski definition) is 9. The standard InChI is InChI=1S/C34H52N2O7/c1-25(21-39-4)22-40-23-27-6-9-29(10-7-27)34-32(41-16-12-26(2)37)19-35-20-33(34)43-24-28-8-11-31-30(18-28)36(14-17-42-31)13-5-15-38-3/h6-11,18,25-26,32-35,37H,5,12-17,19-24H2,1-4H3/t25-,26-,32+,33-,34-/m0/s1. The molecule has 43 heavy (non-hydrogen) atoms. The molecule has 2 aromatic carbocycles. The van der Waals surface area contributed by atoms with Gasteiger partial charge >= 0.3 is 0 Å². The second-order valence-corrected chi connectivity index (χ2v) is 11.9. The van der Waals surface area contributed by atoms with Gasteiger partial charge in [-0.2, -0.15) is 0 Å². The predicted molar refractivity (Wildman–Crippen MR) is 168 cm³/mol. The van der Waals surface area contributed by atoms with Crippen LogP contribution in [0.1, 0.15) is 49.3 Å². The normalized spacial score (nSPS) is 21.7. The molecular formula is C34H52N2O7. The Balaban J connectivity index is 1.44. The Morgan fingerprint density at radius 2 is 1.70 bits per heavy atom. The van der Waals surface area contributed by atoms with Gasteiger partial charge in [-0.25, -0.2) is 0 Å². The summed E-state index contributed by atoms with van der Waals surface area (Å²) < 4.78 is 35.3. The maximum Gasteiger partial charge on any atom is 0.142 e. The highest BCUT2D eigenvalue weighted by molar-refractivity contribution is 5.61. The Morgan fingerprint density at radius 3 is 2.44 bits per heavy atom. The molecule has 9 nitrogen and oxygen atoms in total. The van der Waals surface area contributed by atoms with Crippen LogP contribution in [0.15, 0.2) is 42.5 Å². The minimum absolute atomic E-state index is 0.0541. The summed E-state index contributed by atoms with van der Waals surface area (Å²) in [5.74, 6) is 1.34. The summed E-state index contributed by atoms with van der Waals surface area (Å²) in [5, 5.41) is 13.3. The zero-order valence-electron chi connectivity index (χ0n) is 26.5. The summed E-state index contributed by atoms with van der Waals surface area (Å²) in [7, 11) is 3.46. The number of nitrogens with one attached hydrogen (secondary N) is 1. The Kier molecular flexibility index (Phi) is 14.0. The Morgan fingerprint density at radius 1 is 0.930 bits per heavy atom. The summed E-state index contributed by atoms with van der Waals surface area (Å²) in [5.41, 5.74) is 4.56. The number of aliphatic hydroxyl groups is 1. The van der Waals surface area contributed by atoms with Crippen LogP contribution in [0.25, 0.3) is 0 Å². The monoisotopic (exact) mass is 600 g/mol. The van der Waals surface area contributed by atoms with E-state index in [1.807, 2.05) is 0 Å². The molecule has 5 atom stereocenters. The van der Waals surface area contributed by atoms with Gasteiger partial charge in [-0.3, -0.25) is 0 Å². The highest BCUT2D eigenvalue weighted by atomic mass is 16.5. The zero-order valence-corrected chi connectivity index (χ0v) is 26.5. The summed E-state index contributed by atoms with van der Waals surface area (Å²) in [6.07, 6.45) is 1.04. The fourth-order valence-corrected chi connectivity index (χ4v) is 5.80. The largest absolute Gasteiger partial charge is 0.490 e. The van der Waals surface area contributed by atoms with Crippen molar-refractivity contribution in [3.63, 3.8) is 0 Å². The molecule has 2 N–H and O–H groups in total. The third-order valence-corrected chi connectivity index (χ3v) is 8.07. The van der Waals surface area contributed by atoms with Crippen molar-refractivity contribution in [1.82, 2.24) is 5.32 Å². The van der Waals surface area contributed by atoms with E-state index in [9.17, 15) is 5.11 Å². The minimum Gasteiger partial charge on any atom is -0.490 e. The number of piperidine rings is 1. The van der Waals surface area contributed by atoms with Crippen LogP contribution in [-0.2, 0) is 36.9 Å². The Labute approximate surface area is 257 Å². The van der Waals surface area contributed by atoms with Crippen LogP contribution >= 0.6 is 0 Å². The second kappa shape index (κ2) is 17.9. The van der Waals surface area contributed by atoms with Crippen molar-refractivity contribution in [3.8, 4) is 5.75 Å². The van der Waals surface area contributed by atoms with E-state index in [-0.39, 0.29) is 18.1 Å². The van der Waals surface area contributed by atoms with E-state index in [2.05, 4.69) is 59.6 Å². The van der Waals surface area contributed by atoms with Crippen molar-refractivity contribution < 1.29 is 33.5 Å². The van der Waals surface area contributed by atoms with Crippen molar-refractivity contribution >= 4 is 5.69 Å². The number of fused-ring (bicyclic) bond motifs is 1. The third kappa shape index (κ3) is 10.4. The lowest BCUT2D eigenvalue weighted by atomic mass is 9.85. The van der Waals surface area contributed by atoms with Crippen molar-refractivity contribution in [1.29, 1.82) is 0 Å². The first-order valence-electron chi connectivity index (χ1n) is 15.8. The average Bonchev–Trinajstić information content (AvgIpc) is 3.01. The van der Waals surface area contributed by atoms with E-state index < -0.39 is 6.10 Å². The second-order valence-electron chi connectivity index (χ2n) is 11.9. The lowest BCUT2D eigenvalue weighted by Crippen LogP contribution is -2.50. The molecule has 0 amide bonds. The molecule has 0 aromatic heterocycles. The van der Waals surface area contributed by atoms with Gasteiger partial charge in [0, 0.05) is 58.9 Å². The zero-order chi connectivity index (χ0) is 30.4. The average molecular weight is 601 g/mol. The summed E-state index contributed by atoms with van der Waals surface area (Å²) in [6, 6.07) is 15.0. The molecule has 0 spiro atoms. The SMILES string of the molecule is COCCCN1CCOc2ccc(CO[C@H]3CNC[C@@H](OCC[C@H](C)O)[C@@H]3c3ccc(COC[C@@H](C)COC)cc3)cc21. The van der Waals surface area contributed by atoms with Crippen LogP contribution in [0.2, 0.25) is 0 Å². The Hall–Kier alpha value is -2.24. The minimum atomic E-state index is -0.394. The third-order valence-electron chi connectivity index (χ3n) is 8.07. The van der Waals surface area contributed by atoms with Crippen LogP contribution in [-0.4, -0.2) is 96.9 Å². The lowest BCUT2D eigenvalue weighted by molar-refractivity contribution is -0.0639. The maximum atomic E-state index is 9.80. The molecule has 2 heterocycles. The number of anilines is 1. The van der Waals surface area contributed by atoms with E-state index in [0.29, 0.717) is 52.0 Å². The first-order valence-corrected chi connectivity index (χ1v) is 15.8. The van der Waals surface area contributed by atoms with Gasteiger partial charge < -0.3 is 43.7 Å². The topological polar surface area (TPSA) is 90.9 Å². The fourth-order valence-electron chi connectivity index (χ4n) is 5.80. The summed E-state index contributed by atoms with van der Waals surface area (Å²) in [4.78, 5) is 2.38. The van der Waals surface area contributed by atoms with E-state index in [0.717, 1.165) is 61.8 Å². The smallest absolute Gasteiger partial charge is 0.142 e. The molecular weight excluding hydrogens is 548 g/mol. The molecule has 2 aliphatic rings. The van der Waals surface area contributed by atoms with E-state index >= 15 is 0 Å². The molecule has 0 radical (unpaired) electrons. The molecule has 2 aromatic rings. The Bertz CT molecular complexity index is 1070. The first kappa shape index (κ1) is 33.6. The quantitative estimate of drug-likeness (QED) is 0.245. The lowest BCUT2D eigenvalue weighted by Gasteiger charge is -2.39. The van der Waals surface area contributed by atoms with Gasteiger partial charge in [-0.1, -0.05) is 37.3 Å². The van der Waals surface area contributed by atoms with Gasteiger partial charge in [0.2, 0.25) is 0 Å². The number of rotatable bonds is 18. The molecule has 4 rings (SSSR count). The van der Waals surface area contributed by atoms with Gasteiger partial charge in [0.1, 0.15) is 12.4 Å². The van der Waals surface area contributed by atoms with Crippen molar-refractivity contribution in [2.45, 2.75) is 64.1 Å². The van der Waals surface area contributed by atoms with Crippen LogP contribution in [0, 0.1) is 5.92 Å². The van der Waals surface area contributed by atoms with Crippen LogP contribution in [0.5, 0.6) is 5.75 Å². The highest BCUT2D eigenvalue weighted by Gasteiger charge is 2.36. The first-order chi connectivity index (χ1) is 21.0. The van der Waals surface area contributed by atoms with E-state index in [1.165, 1.54) is 5.56 Å². The van der Waals surface area contributed by atoms with Crippen LogP contribution < -0.4 is 15.0 Å². The maximum absolute atomic E-state index is 9.80. The van der Waals surface area contributed by atoms with Crippen molar-refractivity contribution in [2.24, 2.45) is 5.92 Å². The van der Waals surface area contributed by atoms with Crippen molar-refractivity contribution in [2.75, 3.05) is 78.3 Å². The number of methoxy groups -OCH3 is 2. The summed E-state index contributed by atoms with van der Waals surface area (Å²) in [6.45, 7) is 11.6. The molecule has 9 heteroatoms. The van der Waals surface area contributed by atoms with Crippen LogP contribution in [0.4, 0.5) is 5.69 Å². The van der Waals surface area contributed by atoms with Gasteiger partial charge in [0.15, 0.2) is 0 Å². The van der Waals surface area contributed by atoms with E-state index in [4.69, 9.17) is 28.4 Å².